The Labute approximate surface area is 122 Å². The smallest absolute Gasteiger partial charge is 0.0579 e. The van der Waals surface area contributed by atoms with E-state index in [9.17, 15) is 0 Å². The van der Waals surface area contributed by atoms with E-state index in [-0.39, 0.29) is 0 Å². The van der Waals surface area contributed by atoms with Gasteiger partial charge in [-0.15, -0.1) is 11.3 Å². The van der Waals surface area contributed by atoms with Crippen molar-refractivity contribution in [3.63, 3.8) is 0 Å². The summed E-state index contributed by atoms with van der Waals surface area (Å²) in [5.41, 5.74) is 1.19. The van der Waals surface area contributed by atoms with Crippen molar-refractivity contribution in [2.75, 3.05) is 5.32 Å². The molecule has 1 aromatic heterocycles. The third kappa shape index (κ3) is 2.99. The topological polar surface area (TPSA) is 12.0 Å². The van der Waals surface area contributed by atoms with E-state index in [1.807, 2.05) is 0 Å². The molecule has 1 N–H and O–H groups in total. The zero-order chi connectivity index (χ0) is 11.5. The molecule has 1 atom stereocenters. The molecule has 0 aliphatic carbocycles. The molecule has 0 fully saturated rings. The van der Waals surface area contributed by atoms with Gasteiger partial charge in [-0.25, -0.2) is 0 Å². The van der Waals surface area contributed by atoms with Gasteiger partial charge in [0.05, 0.1) is 6.04 Å². The van der Waals surface area contributed by atoms with Gasteiger partial charge in [0.15, 0.2) is 0 Å². The predicted octanol–water partition coefficient (Wildman–Crippen LogP) is 5.29. The molecule has 4 heteroatoms. The molecule has 0 spiro atoms. The van der Waals surface area contributed by atoms with Gasteiger partial charge in [0.2, 0.25) is 0 Å². The molecule has 0 saturated carbocycles. The van der Waals surface area contributed by atoms with Crippen LogP contribution in [0.25, 0.3) is 0 Å². The second kappa shape index (κ2) is 5.51. The number of hydrogen-bond acceptors (Lipinski definition) is 2. The van der Waals surface area contributed by atoms with Gasteiger partial charge in [0, 0.05) is 24.0 Å². The maximum atomic E-state index is 3.52. The monoisotopic (exact) mass is 407 g/mol. The van der Waals surface area contributed by atoms with Crippen molar-refractivity contribution in [3.05, 3.63) is 48.6 Å². The number of rotatable bonds is 3. The molecule has 1 unspecified atom stereocenters. The van der Waals surface area contributed by atoms with Gasteiger partial charge < -0.3 is 5.32 Å². The van der Waals surface area contributed by atoms with E-state index in [0.717, 1.165) is 4.47 Å². The zero-order valence-electron chi connectivity index (χ0n) is 8.71. The zero-order valence-corrected chi connectivity index (χ0v) is 13.3. The first-order chi connectivity index (χ1) is 7.66. The Hall–Kier alpha value is -0.0700. The van der Waals surface area contributed by atoms with Gasteiger partial charge in [-0.3, -0.25) is 0 Å². The molecule has 1 aromatic carbocycles. The summed E-state index contributed by atoms with van der Waals surface area (Å²) in [7, 11) is 0. The average Bonchev–Trinajstić information content (AvgIpc) is 2.68. The van der Waals surface area contributed by atoms with Crippen molar-refractivity contribution in [1.82, 2.24) is 0 Å². The highest BCUT2D eigenvalue weighted by Gasteiger charge is 2.08. The lowest BCUT2D eigenvalue weighted by molar-refractivity contribution is 0.906. The minimum atomic E-state index is 0.340. The minimum absolute atomic E-state index is 0.340. The summed E-state index contributed by atoms with van der Waals surface area (Å²) < 4.78 is 2.41. The molecule has 2 aromatic rings. The molecule has 0 amide bonds. The van der Waals surface area contributed by atoms with Gasteiger partial charge in [-0.05, 0) is 63.6 Å². The van der Waals surface area contributed by atoms with Crippen LogP contribution in [0.3, 0.4) is 0 Å². The Morgan fingerprint density at radius 3 is 2.75 bits per heavy atom. The molecule has 0 radical (unpaired) electrons. The van der Waals surface area contributed by atoms with Crippen LogP contribution >= 0.6 is 49.9 Å². The first-order valence-electron chi connectivity index (χ1n) is 4.92. The van der Waals surface area contributed by atoms with Gasteiger partial charge in [-0.2, -0.15) is 0 Å². The third-order valence-electron chi connectivity index (χ3n) is 2.26. The van der Waals surface area contributed by atoms with E-state index in [1.165, 1.54) is 14.1 Å². The molecule has 16 heavy (non-hydrogen) atoms. The van der Waals surface area contributed by atoms with Crippen molar-refractivity contribution in [3.8, 4) is 0 Å². The lowest BCUT2D eigenvalue weighted by atomic mass is 10.2. The number of benzene rings is 1. The molecule has 1 heterocycles. The fourth-order valence-electron chi connectivity index (χ4n) is 1.44. The summed E-state index contributed by atoms with van der Waals surface area (Å²) in [5.74, 6) is 0. The highest BCUT2D eigenvalue weighted by molar-refractivity contribution is 14.1. The number of halogens is 2. The molecule has 2 rings (SSSR count). The summed E-state index contributed by atoms with van der Waals surface area (Å²) in [6.45, 7) is 2.18. The van der Waals surface area contributed by atoms with E-state index in [4.69, 9.17) is 0 Å². The Kier molecular flexibility index (Phi) is 4.27. The van der Waals surface area contributed by atoms with E-state index < -0.39 is 0 Å². The Morgan fingerprint density at radius 2 is 2.12 bits per heavy atom. The van der Waals surface area contributed by atoms with Crippen molar-refractivity contribution >= 4 is 55.5 Å². The molecular formula is C12H11BrINS. The fourth-order valence-corrected chi connectivity index (χ4v) is 3.43. The second-order valence-electron chi connectivity index (χ2n) is 3.51. The summed E-state index contributed by atoms with van der Waals surface area (Å²) in [6, 6.07) is 10.8. The average molecular weight is 408 g/mol. The predicted molar refractivity (Wildman–Crippen MR) is 83.2 cm³/mol. The van der Waals surface area contributed by atoms with Crippen LogP contribution in [0.15, 0.2) is 40.2 Å². The van der Waals surface area contributed by atoms with Crippen LogP contribution in [0.5, 0.6) is 0 Å². The van der Waals surface area contributed by atoms with E-state index in [0.29, 0.717) is 6.04 Å². The van der Waals surface area contributed by atoms with E-state index >= 15 is 0 Å². The Morgan fingerprint density at radius 1 is 1.38 bits per heavy atom. The number of para-hydroxylation sites is 1. The van der Waals surface area contributed by atoms with Crippen LogP contribution < -0.4 is 5.32 Å². The first-order valence-corrected chi connectivity index (χ1v) is 7.67. The number of thiophene rings is 1. The standard InChI is InChI=1S/C12H11BrINS/c1-8(12-6-9(13)7-16-12)15-11-5-3-2-4-10(11)14/h2-8,15H,1H3. The van der Waals surface area contributed by atoms with E-state index in [1.54, 1.807) is 11.3 Å². The highest BCUT2D eigenvalue weighted by atomic mass is 127. The van der Waals surface area contributed by atoms with Crippen molar-refractivity contribution in [1.29, 1.82) is 0 Å². The Balaban J connectivity index is 2.13. The maximum Gasteiger partial charge on any atom is 0.0579 e. The van der Waals surface area contributed by atoms with Crippen molar-refractivity contribution in [2.24, 2.45) is 0 Å². The highest BCUT2D eigenvalue weighted by Crippen LogP contribution is 2.29. The summed E-state index contributed by atoms with van der Waals surface area (Å²) in [6.07, 6.45) is 0. The molecular weight excluding hydrogens is 397 g/mol. The SMILES string of the molecule is CC(Nc1ccccc1I)c1cc(Br)cs1. The van der Waals surface area contributed by atoms with Crippen LogP contribution in [0.4, 0.5) is 5.69 Å². The Bertz CT molecular complexity index is 483. The van der Waals surface area contributed by atoms with Gasteiger partial charge in [-0.1, -0.05) is 12.1 Å². The fraction of sp³-hybridized carbons (Fsp3) is 0.167. The quantitative estimate of drug-likeness (QED) is 0.681. The molecule has 0 saturated heterocycles. The lowest BCUT2D eigenvalue weighted by Gasteiger charge is -2.14. The maximum absolute atomic E-state index is 3.52. The molecule has 0 bridgehead atoms. The molecule has 0 aliphatic heterocycles. The number of hydrogen-bond donors (Lipinski definition) is 1. The van der Waals surface area contributed by atoms with Gasteiger partial charge >= 0.3 is 0 Å². The molecule has 0 aliphatic rings. The normalized spacial score (nSPS) is 12.4. The van der Waals surface area contributed by atoms with Gasteiger partial charge in [0.1, 0.15) is 0 Å². The summed E-state index contributed by atoms with van der Waals surface area (Å²) in [4.78, 5) is 1.34. The summed E-state index contributed by atoms with van der Waals surface area (Å²) >= 11 is 7.60. The van der Waals surface area contributed by atoms with Crippen molar-refractivity contribution < 1.29 is 0 Å². The number of nitrogens with one attached hydrogen (secondary N) is 1. The van der Waals surface area contributed by atoms with Crippen LogP contribution in [0.1, 0.15) is 17.8 Å². The van der Waals surface area contributed by atoms with E-state index in [2.05, 4.69) is 86.5 Å². The first kappa shape index (κ1) is 12.4. The molecule has 84 valence electrons. The van der Waals surface area contributed by atoms with Crippen LogP contribution in [0, 0.1) is 3.57 Å². The van der Waals surface area contributed by atoms with Crippen LogP contribution in [-0.4, -0.2) is 0 Å². The van der Waals surface area contributed by atoms with Crippen LogP contribution in [-0.2, 0) is 0 Å². The van der Waals surface area contributed by atoms with Crippen LogP contribution in [0.2, 0.25) is 0 Å². The largest absolute Gasteiger partial charge is 0.377 e. The minimum Gasteiger partial charge on any atom is -0.377 e. The van der Waals surface area contributed by atoms with Crippen molar-refractivity contribution in [2.45, 2.75) is 13.0 Å². The third-order valence-corrected chi connectivity index (χ3v) is 5.08. The number of anilines is 1. The molecule has 1 nitrogen and oxygen atoms in total. The second-order valence-corrected chi connectivity index (χ2v) is 6.53. The summed E-state index contributed by atoms with van der Waals surface area (Å²) in [5, 5.41) is 5.64. The lowest BCUT2D eigenvalue weighted by Crippen LogP contribution is -2.05. The van der Waals surface area contributed by atoms with Gasteiger partial charge in [0.25, 0.3) is 0 Å².